The van der Waals surface area contributed by atoms with Crippen molar-refractivity contribution in [2.75, 3.05) is 0 Å². The molecule has 8 aromatic carbocycles. The summed E-state index contributed by atoms with van der Waals surface area (Å²) in [5.41, 5.74) is 4.70. The predicted molar refractivity (Wildman–Crippen MR) is 182 cm³/mol. The predicted octanol–water partition coefficient (Wildman–Crippen LogP) is 9.74. The lowest BCUT2D eigenvalue weighted by Gasteiger charge is -2.14. The van der Waals surface area contributed by atoms with E-state index in [0.29, 0.717) is 0 Å². The highest BCUT2D eigenvalue weighted by Gasteiger charge is 2.12. The summed E-state index contributed by atoms with van der Waals surface area (Å²) in [6, 6.07) is 52.3. The van der Waals surface area contributed by atoms with E-state index in [1.165, 1.54) is 54.2 Å². The molecular formula is C42H28. The molecule has 0 spiro atoms. The molecule has 0 aliphatic heterocycles. The van der Waals surface area contributed by atoms with Crippen LogP contribution < -0.4 is 10.4 Å². The van der Waals surface area contributed by atoms with E-state index in [-0.39, 0.29) is 0 Å². The van der Waals surface area contributed by atoms with Crippen LogP contribution in [0.2, 0.25) is 0 Å². The molecule has 0 atom stereocenters. The Labute approximate surface area is 244 Å². The van der Waals surface area contributed by atoms with Gasteiger partial charge < -0.3 is 0 Å². The summed E-state index contributed by atoms with van der Waals surface area (Å²) in [4.78, 5) is 0. The zero-order valence-electron chi connectivity index (χ0n) is 23.3. The number of hydrogen-bond donors (Lipinski definition) is 0. The summed E-state index contributed by atoms with van der Waals surface area (Å²) in [5, 5.41) is 14.0. The van der Waals surface area contributed by atoms with Crippen LogP contribution >= 0.6 is 0 Å². The Hall–Kier alpha value is -5.46. The maximum atomic E-state index is 4.80. The fourth-order valence-corrected chi connectivity index (χ4v) is 6.75. The van der Waals surface area contributed by atoms with Gasteiger partial charge in [0.25, 0.3) is 0 Å². The van der Waals surface area contributed by atoms with Crippen LogP contribution in [0.5, 0.6) is 0 Å². The van der Waals surface area contributed by atoms with E-state index in [0.717, 1.165) is 32.0 Å². The zero-order valence-corrected chi connectivity index (χ0v) is 23.3. The van der Waals surface area contributed by atoms with Crippen LogP contribution in [-0.4, -0.2) is 0 Å². The van der Waals surface area contributed by atoms with Crippen LogP contribution in [0, 0.1) is 10.4 Å². The Balaban J connectivity index is 1.64. The minimum absolute atomic E-state index is 1.02. The van der Waals surface area contributed by atoms with Crippen LogP contribution in [-0.2, 0) is 0 Å². The molecule has 0 fully saturated rings. The molecule has 42 heavy (non-hydrogen) atoms. The van der Waals surface area contributed by atoms with Gasteiger partial charge in [0.2, 0.25) is 0 Å². The first-order chi connectivity index (χ1) is 20.7. The van der Waals surface area contributed by atoms with Gasteiger partial charge in [0.05, 0.1) is 0 Å². The molecule has 196 valence electrons. The van der Waals surface area contributed by atoms with Crippen LogP contribution in [0.15, 0.2) is 146 Å². The molecule has 0 aliphatic carbocycles. The van der Waals surface area contributed by atoms with Gasteiger partial charge in [-0.2, -0.15) is 0 Å². The fraction of sp³-hybridized carbons (Fsp3) is 0. The molecule has 0 saturated carbocycles. The highest BCUT2D eigenvalue weighted by Crippen LogP contribution is 2.31. The van der Waals surface area contributed by atoms with Gasteiger partial charge in [-0.1, -0.05) is 147 Å². The van der Waals surface area contributed by atoms with Crippen molar-refractivity contribution in [1.29, 1.82) is 0 Å². The van der Waals surface area contributed by atoms with E-state index in [9.17, 15) is 0 Å². The second-order valence-electron chi connectivity index (χ2n) is 11.1. The number of fused-ring (bicyclic) bond motifs is 4. The Bertz CT molecular complexity index is 2360. The van der Waals surface area contributed by atoms with E-state index in [1.54, 1.807) is 0 Å². The Morgan fingerprint density at radius 3 is 1.05 bits per heavy atom. The Morgan fingerprint density at radius 1 is 0.286 bits per heavy atom. The smallest absolute Gasteiger partial charge is 0.00203 e. The summed E-state index contributed by atoms with van der Waals surface area (Å²) in [7, 11) is 0. The van der Waals surface area contributed by atoms with Gasteiger partial charge in [-0.15, -0.1) is 0 Å². The van der Waals surface area contributed by atoms with Crippen molar-refractivity contribution in [2.45, 2.75) is 0 Å². The van der Waals surface area contributed by atoms with Crippen LogP contribution in [0.1, 0.15) is 0 Å². The van der Waals surface area contributed by atoms with Gasteiger partial charge in [0.15, 0.2) is 0 Å². The monoisotopic (exact) mass is 532 g/mol. The maximum Gasteiger partial charge on any atom is -0.00203 e. The highest BCUT2D eigenvalue weighted by molar-refractivity contribution is 6.01. The first-order valence-electron chi connectivity index (χ1n) is 14.4. The van der Waals surface area contributed by atoms with Gasteiger partial charge in [0, 0.05) is 0 Å². The topological polar surface area (TPSA) is 0 Å². The summed E-state index contributed by atoms with van der Waals surface area (Å²) >= 11 is 0. The molecule has 0 unspecified atom stereocenters. The molecule has 0 bridgehead atoms. The first kappa shape index (κ1) is 24.3. The molecule has 0 heterocycles. The zero-order chi connectivity index (χ0) is 28.2. The molecule has 0 nitrogen and oxygen atoms in total. The second-order valence-corrected chi connectivity index (χ2v) is 11.1. The van der Waals surface area contributed by atoms with E-state index < -0.39 is 0 Å². The minimum atomic E-state index is 1.02. The third-order valence-corrected chi connectivity index (χ3v) is 8.72. The molecule has 0 heteroatoms. The van der Waals surface area contributed by atoms with E-state index in [4.69, 9.17) is 13.2 Å². The third kappa shape index (κ3) is 3.70. The molecule has 0 radical (unpaired) electrons. The average Bonchev–Trinajstić information content (AvgIpc) is 3.04. The average molecular weight is 533 g/mol. The number of benzene rings is 8. The standard InChI is InChI=1S/C42H28/c1-27-39(37-23-11-17-29-13-3-7-19-33(29)37)25-31-15-5-9-21-35(31)41(27)42-28(2)40(26-32-16-6-10-22-36(32)42)38-24-12-18-30-14-4-8-20-34(30)38/h3-26H,1-2H2. The molecule has 0 saturated heterocycles. The molecular weight excluding hydrogens is 504 g/mol. The van der Waals surface area contributed by atoms with Gasteiger partial charge >= 0.3 is 0 Å². The lowest BCUT2D eigenvalue weighted by Crippen LogP contribution is -2.14. The lowest BCUT2D eigenvalue weighted by molar-refractivity contribution is 1.48. The molecule has 0 amide bonds. The van der Waals surface area contributed by atoms with Crippen molar-refractivity contribution in [3.8, 4) is 22.3 Å². The molecule has 8 rings (SSSR count). The van der Waals surface area contributed by atoms with E-state index >= 15 is 0 Å². The Morgan fingerprint density at radius 2 is 0.619 bits per heavy atom. The van der Waals surface area contributed by atoms with Crippen molar-refractivity contribution < 1.29 is 0 Å². The van der Waals surface area contributed by atoms with Gasteiger partial charge in [-0.05, 0) is 98.4 Å². The minimum Gasteiger partial charge on any atom is -0.0905 e. The second kappa shape index (κ2) is 9.58. The summed E-state index contributed by atoms with van der Waals surface area (Å²) in [5.74, 6) is 0. The van der Waals surface area contributed by atoms with Crippen molar-refractivity contribution in [3.05, 3.63) is 166 Å². The molecule has 0 N–H and O–H groups in total. The van der Waals surface area contributed by atoms with Crippen LogP contribution in [0.3, 0.4) is 0 Å². The van der Waals surface area contributed by atoms with E-state index in [1.807, 2.05) is 0 Å². The fourth-order valence-electron chi connectivity index (χ4n) is 6.75. The van der Waals surface area contributed by atoms with Crippen LogP contribution in [0.4, 0.5) is 0 Å². The normalized spacial score (nSPS) is 12.4. The SMILES string of the molecule is C=c1c(-c2cccc3ccccc23)cc2ccccc2c1=c1c(=C)c(-c2cccc3ccccc23)cc2ccccc12. The van der Waals surface area contributed by atoms with Crippen molar-refractivity contribution in [1.82, 2.24) is 0 Å². The lowest BCUT2D eigenvalue weighted by atomic mass is 9.90. The maximum absolute atomic E-state index is 4.80. The van der Waals surface area contributed by atoms with Crippen molar-refractivity contribution >= 4 is 56.2 Å². The van der Waals surface area contributed by atoms with Crippen molar-refractivity contribution in [3.63, 3.8) is 0 Å². The number of hydrogen-bond acceptors (Lipinski definition) is 0. The van der Waals surface area contributed by atoms with Gasteiger partial charge in [-0.25, -0.2) is 0 Å². The summed E-state index contributed by atoms with van der Waals surface area (Å²) in [6.07, 6.45) is 0. The summed E-state index contributed by atoms with van der Waals surface area (Å²) in [6.45, 7) is 9.61. The highest BCUT2D eigenvalue weighted by atomic mass is 14.2. The quantitative estimate of drug-likeness (QED) is 0.208. The van der Waals surface area contributed by atoms with Crippen LogP contribution in [0.25, 0.3) is 78.5 Å². The van der Waals surface area contributed by atoms with Gasteiger partial charge in [-0.3, -0.25) is 0 Å². The molecule has 0 aliphatic rings. The largest absolute Gasteiger partial charge is 0.0905 e. The molecule has 0 aromatic heterocycles. The number of rotatable bonds is 2. The van der Waals surface area contributed by atoms with Gasteiger partial charge in [0.1, 0.15) is 0 Å². The molecule has 8 aromatic rings. The third-order valence-electron chi connectivity index (χ3n) is 8.72. The van der Waals surface area contributed by atoms with Crippen molar-refractivity contribution in [2.24, 2.45) is 0 Å². The summed E-state index contributed by atoms with van der Waals surface area (Å²) < 4.78 is 0. The Kier molecular flexibility index (Phi) is 5.55. The first-order valence-corrected chi connectivity index (χ1v) is 14.4. The van der Waals surface area contributed by atoms with E-state index in [2.05, 4.69) is 146 Å².